The van der Waals surface area contributed by atoms with Gasteiger partial charge in [-0.3, -0.25) is 4.79 Å². The number of hydrogen-bond acceptors (Lipinski definition) is 4. The van der Waals surface area contributed by atoms with E-state index in [-0.39, 0.29) is 12.0 Å². The highest BCUT2D eigenvalue weighted by molar-refractivity contribution is 9.11. The van der Waals surface area contributed by atoms with Crippen LogP contribution >= 0.6 is 27.3 Å². The van der Waals surface area contributed by atoms with Gasteiger partial charge in [0.05, 0.1) is 23.1 Å². The molecule has 1 aromatic rings. The Bertz CT molecular complexity index is 418. The molecule has 0 spiro atoms. The first-order chi connectivity index (χ1) is 9.74. The van der Waals surface area contributed by atoms with Gasteiger partial charge in [-0.15, -0.1) is 11.3 Å². The van der Waals surface area contributed by atoms with Crippen molar-refractivity contribution in [2.45, 2.75) is 31.8 Å². The topological polar surface area (TPSA) is 47.6 Å². The Kier molecular flexibility index (Phi) is 6.99. The number of amides is 1. The molecule has 1 fully saturated rings. The molecule has 1 N–H and O–H groups in total. The van der Waals surface area contributed by atoms with Gasteiger partial charge in [0.15, 0.2) is 0 Å². The molecule has 0 saturated carbocycles. The lowest BCUT2D eigenvalue weighted by molar-refractivity contribution is -0.122. The Labute approximate surface area is 132 Å². The Hall–Kier alpha value is -0.430. The summed E-state index contributed by atoms with van der Waals surface area (Å²) in [5.41, 5.74) is 0. The molecule has 112 valence electrons. The zero-order valence-corrected chi connectivity index (χ0v) is 13.8. The molecule has 6 heteroatoms. The van der Waals surface area contributed by atoms with Crippen molar-refractivity contribution in [3.8, 4) is 0 Å². The second kappa shape index (κ2) is 8.77. The Morgan fingerprint density at radius 3 is 3.15 bits per heavy atom. The zero-order valence-electron chi connectivity index (χ0n) is 11.4. The fourth-order valence-corrected chi connectivity index (χ4v) is 3.54. The van der Waals surface area contributed by atoms with Gasteiger partial charge in [-0.05, 0) is 47.3 Å². The summed E-state index contributed by atoms with van der Waals surface area (Å²) >= 11 is 5.13. The maximum atomic E-state index is 11.6. The summed E-state index contributed by atoms with van der Waals surface area (Å²) in [6.07, 6.45) is 3.71. The van der Waals surface area contributed by atoms with Gasteiger partial charge < -0.3 is 14.8 Å². The lowest BCUT2D eigenvalue weighted by Gasteiger charge is -2.10. The summed E-state index contributed by atoms with van der Waals surface area (Å²) in [5, 5.41) is 2.91. The fourth-order valence-electron chi connectivity index (χ4n) is 2.06. The summed E-state index contributed by atoms with van der Waals surface area (Å²) in [6.45, 7) is 2.59. The SMILES string of the molecule is O=C(CCOCC1CCCO1)NCCc1ccc(Br)s1. The van der Waals surface area contributed by atoms with Crippen LogP contribution in [0.15, 0.2) is 15.9 Å². The summed E-state index contributed by atoms with van der Waals surface area (Å²) in [4.78, 5) is 12.9. The number of hydrogen-bond donors (Lipinski definition) is 1. The van der Waals surface area contributed by atoms with Gasteiger partial charge in [-0.2, -0.15) is 0 Å². The molecule has 0 bridgehead atoms. The van der Waals surface area contributed by atoms with E-state index in [1.54, 1.807) is 11.3 Å². The van der Waals surface area contributed by atoms with Crippen molar-refractivity contribution >= 4 is 33.2 Å². The molecule has 1 aliphatic rings. The molecule has 1 aliphatic heterocycles. The lowest BCUT2D eigenvalue weighted by atomic mass is 10.2. The predicted octanol–water partition coefficient (Wildman–Crippen LogP) is 2.76. The molecule has 1 amide bonds. The molecule has 2 rings (SSSR count). The molecule has 20 heavy (non-hydrogen) atoms. The van der Waals surface area contributed by atoms with E-state index in [1.165, 1.54) is 4.88 Å². The molecule has 1 unspecified atom stereocenters. The Balaban J connectivity index is 1.47. The van der Waals surface area contributed by atoms with Gasteiger partial charge in [-0.25, -0.2) is 0 Å². The van der Waals surface area contributed by atoms with Crippen LogP contribution in [0.5, 0.6) is 0 Å². The predicted molar refractivity (Wildman–Crippen MR) is 83.1 cm³/mol. The van der Waals surface area contributed by atoms with Crippen molar-refractivity contribution in [1.29, 1.82) is 0 Å². The van der Waals surface area contributed by atoms with E-state index >= 15 is 0 Å². The van der Waals surface area contributed by atoms with Crippen LogP contribution < -0.4 is 5.32 Å². The fraction of sp³-hybridized carbons (Fsp3) is 0.643. The van der Waals surface area contributed by atoms with Crippen LogP contribution in [-0.4, -0.2) is 38.4 Å². The first-order valence-electron chi connectivity index (χ1n) is 6.94. The van der Waals surface area contributed by atoms with Gasteiger partial charge in [0.25, 0.3) is 0 Å². The third kappa shape index (κ3) is 5.91. The first-order valence-corrected chi connectivity index (χ1v) is 8.55. The van der Waals surface area contributed by atoms with Crippen molar-refractivity contribution in [2.24, 2.45) is 0 Å². The summed E-state index contributed by atoms with van der Waals surface area (Å²) in [7, 11) is 0. The van der Waals surface area contributed by atoms with Gasteiger partial charge in [-0.1, -0.05) is 0 Å². The number of nitrogens with one attached hydrogen (secondary N) is 1. The molecule has 2 heterocycles. The number of thiophene rings is 1. The smallest absolute Gasteiger partial charge is 0.222 e. The van der Waals surface area contributed by atoms with E-state index in [2.05, 4.69) is 27.3 Å². The molecule has 0 aromatic carbocycles. The van der Waals surface area contributed by atoms with Crippen LogP contribution in [0, 0.1) is 0 Å². The first kappa shape index (κ1) is 15.9. The van der Waals surface area contributed by atoms with E-state index in [1.807, 2.05) is 6.07 Å². The minimum atomic E-state index is 0.0490. The van der Waals surface area contributed by atoms with E-state index in [0.29, 0.717) is 26.2 Å². The normalized spacial score (nSPS) is 18.4. The third-order valence-electron chi connectivity index (χ3n) is 3.12. The molecule has 1 atom stereocenters. The maximum absolute atomic E-state index is 11.6. The quantitative estimate of drug-likeness (QED) is 0.724. The highest BCUT2D eigenvalue weighted by atomic mass is 79.9. The summed E-state index contributed by atoms with van der Waals surface area (Å²) < 4.78 is 12.0. The van der Waals surface area contributed by atoms with Gasteiger partial charge >= 0.3 is 0 Å². The number of rotatable bonds is 8. The average Bonchev–Trinajstić information content (AvgIpc) is 3.06. The van der Waals surface area contributed by atoms with Crippen LogP contribution in [0.2, 0.25) is 0 Å². The van der Waals surface area contributed by atoms with Crippen molar-refractivity contribution in [3.63, 3.8) is 0 Å². The Morgan fingerprint density at radius 1 is 1.55 bits per heavy atom. The van der Waals surface area contributed by atoms with Gasteiger partial charge in [0, 0.05) is 24.4 Å². The van der Waals surface area contributed by atoms with Crippen molar-refractivity contribution < 1.29 is 14.3 Å². The molecular formula is C14H20BrNO3S. The minimum absolute atomic E-state index is 0.0490. The molecule has 0 radical (unpaired) electrons. The van der Waals surface area contributed by atoms with Crippen molar-refractivity contribution in [2.75, 3.05) is 26.4 Å². The van der Waals surface area contributed by atoms with Crippen LogP contribution in [0.4, 0.5) is 0 Å². The molecule has 4 nitrogen and oxygen atoms in total. The van der Waals surface area contributed by atoms with Crippen LogP contribution in [0.25, 0.3) is 0 Å². The number of carbonyl (C=O) groups is 1. The minimum Gasteiger partial charge on any atom is -0.378 e. The molecule has 1 aromatic heterocycles. The highest BCUT2D eigenvalue weighted by Gasteiger charge is 2.15. The highest BCUT2D eigenvalue weighted by Crippen LogP contribution is 2.22. The Morgan fingerprint density at radius 2 is 2.45 bits per heavy atom. The van der Waals surface area contributed by atoms with Gasteiger partial charge in [0.1, 0.15) is 0 Å². The second-order valence-corrected chi connectivity index (χ2v) is 7.31. The maximum Gasteiger partial charge on any atom is 0.222 e. The van der Waals surface area contributed by atoms with Crippen LogP contribution in [0.3, 0.4) is 0 Å². The lowest BCUT2D eigenvalue weighted by Crippen LogP contribution is -2.27. The van der Waals surface area contributed by atoms with E-state index in [4.69, 9.17) is 9.47 Å². The standard InChI is InChI=1S/C14H20BrNO3S/c15-13-4-3-12(20-13)5-7-16-14(17)6-9-18-10-11-2-1-8-19-11/h3-4,11H,1-2,5-10H2,(H,16,17). The average molecular weight is 362 g/mol. The third-order valence-corrected chi connectivity index (χ3v) is 4.81. The monoisotopic (exact) mass is 361 g/mol. The van der Waals surface area contributed by atoms with E-state index in [0.717, 1.165) is 29.7 Å². The van der Waals surface area contributed by atoms with Crippen molar-refractivity contribution in [3.05, 3.63) is 20.8 Å². The number of halogens is 1. The van der Waals surface area contributed by atoms with E-state index < -0.39 is 0 Å². The summed E-state index contributed by atoms with van der Waals surface area (Å²) in [5.74, 6) is 0.0490. The van der Waals surface area contributed by atoms with Crippen LogP contribution in [0.1, 0.15) is 24.1 Å². The van der Waals surface area contributed by atoms with Crippen LogP contribution in [-0.2, 0) is 20.7 Å². The van der Waals surface area contributed by atoms with Crippen molar-refractivity contribution in [1.82, 2.24) is 5.32 Å². The zero-order chi connectivity index (χ0) is 14.2. The van der Waals surface area contributed by atoms with Gasteiger partial charge in [0.2, 0.25) is 5.91 Å². The van der Waals surface area contributed by atoms with E-state index in [9.17, 15) is 4.79 Å². The molecular weight excluding hydrogens is 342 g/mol. The second-order valence-electron chi connectivity index (χ2n) is 4.77. The number of carbonyl (C=O) groups excluding carboxylic acids is 1. The number of ether oxygens (including phenoxy) is 2. The largest absolute Gasteiger partial charge is 0.378 e. The molecule has 1 saturated heterocycles. The summed E-state index contributed by atoms with van der Waals surface area (Å²) in [6, 6.07) is 4.10. The molecule has 0 aliphatic carbocycles.